The highest BCUT2D eigenvalue weighted by atomic mass is 32.2. The number of rotatable bonds is 6. The van der Waals surface area contributed by atoms with Crippen LogP contribution in [-0.2, 0) is 14.8 Å². The largest absolute Gasteiger partial charge is 0.378 e. The van der Waals surface area contributed by atoms with Crippen LogP contribution in [0.2, 0.25) is 0 Å². The minimum atomic E-state index is -3.30. The van der Waals surface area contributed by atoms with E-state index < -0.39 is 10.0 Å². The molecule has 138 valence electrons. The van der Waals surface area contributed by atoms with Gasteiger partial charge in [-0.3, -0.25) is 9.52 Å². The number of sulfonamides is 1. The summed E-state index contributed by atoms with van der Waals surface area (Å²) in [6.07, 6.45) is 4.21. The van der Waals surface area contributed by atoms with E-state index in [1.165, 1.54) is 6.08 Å². The summed E-state index contributed by atoms with van der Waals surface area (Å²) in [4.78, 5) is 14.1. The maximum atomic E-state index is 12.1. The van der Waals surface area contributed by atoms with Gasteiger partial charge in [-0.2, -0.15) is 0 Å². The Morgan fingerprint density at radius 3 is 2.27 bits per heavy atom. The highest BCUT2D eigenvalue weighted by molar-refractivity contribution is 7.92. The van der Waals surface area contributed by atoms with Gasteiger partial charge in [0.05, 0.1) is 6.26 Å². The molecule has 2 rings (SSSR count). The average molecular weight is 373 g/mol. The van der Waals surface area contributed by atoms with E-state index in [0.29, 0.717) is 5.69 Å². The molecule has 0 fully saturated rings. The summed E-state index contributed by atoms with van der Waals surface area (Å²) in [5, 5.41) is 2.85. The van der Waals surface area contributed by atoms with Gasteiger partial charge in [-0.15, -0.1) is 0 Å². The van der Waals surface area contributed by atoms with Crippen molar-refractivity contribution >= 4 is 39.1 Å². The van der Waals surface area contributed by atoms with E-state index in [1.54, 1.807) is 30.3 Å². The van der Waals surface area contributed by atoms with Crippen LogP contribution in [0.15, 0.2) is 48.5 Å². The molecular formula is C19H23N3O3S. The molecular weight excluding hydrogens is 350 g/mol. The maximum absolute atomic E-state index is 12.1. The second-order valence-corrected chi connectivity index (χ2v) is 7.96. The summed E-state index contributed by atoms with van der Waals surface area (Å²) < 4.78 is 24.7. The van der Waals surface area contributed by atoms with Crippen LogP contribution in [-0.4, -0.2) is 34.7 Å². The summed E-state index contributed by atoms with van der Waals surface area (Å²) in [6, 6.07) is 12.6. The highest BCUT2D eigenvalue weighted by Crippen LogP contribution is 2.21. The number of hydrogen-bond donors (Lipinski definition) is 2. The lowest BCUT2D eigenvalue weighted by molar-refractivity contribution is -0.111. The number of hydrogen-bond acceptors (Lipinski definition) is 4. The predicted octanol–water partition coefficient (Wildman–Crippen LogP) is 3.08. The summed E-state index contributed by atoms with van der Waals surface area (Å²) in [6.45, 7) is 1.94. The molecule has 1 amide bonds. The number of carbonyl (C=O) groups excluding carboxylic acids is 1. The molecule has 0 heterocycles. The molecule has 0 saturated carbocycles. The van der Waals surface area contributed by atoms with Crippen LogP contribution < -0.4 is 14.9 Å². The molecule has 6 nitrogen and oxygen atoms in total. The Hall–Kier alpha value is -2.80. The molecule has 0 saturated heterocycles. The summed E-state index contributed by atoms with van der Waals surface area (Å²) >= 11 is 0. The van der Waals surface area contributed by atoms with Crippen molar-refractivity contribution < 1.29 is 13.2 Å². The van der Waals surface area contributed by atoms with Crippen molar-refractivity contribution in [3.05, 3.63) is 59.7 Å². The van der Waals surface area contributed by atoms with Gasteiger partial charge in [-0.05, 0) is 54.5 Å². The van der Waals surface area contributed by atoms with Gasteiger partial charge in [-0.1, -0.05) is 12.1 Å². The van der Waals surface area contributed by atoms with Crippen LogP contribution in [0.25, 0.3) is 6.08 Å². The molecule has 0 spiro atoms. The molecule has 7 heteroatoms. The van der Waals surface area contributed by atoms with Gasteiger partial charge in [0.25, 0.3) is 0 Å². The number of amides is 1. The van der Waals surface area contributed by atoms with Crippen LogP contribution in [0.5, 0.6) is 0 Å². The molecule has 2 aromatic rings. The Morgan fingerprint density at radius 1 is 1.08 bits per heavy atom. The number of nitrogens with zero attached hydrogens (tertiary/aromatic N) is 1. The Labute approximate surface area is 154 Å². The van der Waals surface area contributed by atoms with Crippen molar-refractivity contribution in [1.82, 2.24) is 0 Å². The Bertz CT molecular complexity index is 918. The van der Waals surface area contributed by atoms with E-state index in [4.69, 9.17) is 0 Å². The second kappa shape index (κ2) is 8.05. The quantitative estimate of drug-likeness (QED) is 0.763. The maximum Gasteiger partial charge on any atom is 0.248 e. The van der Waals surface area contributed by atoms with Gasteiger partial charge >= 0.3 is 0 Å². The predicted molar refractivity (Wildman–Crippen MR) is 108 cm³/mol. The molecule has 0 bridgehead atoms. The molecule has 26 heavy (non-hydrogen) atoms. The number of carbonyl (C=O) groups is 1. The molecule has 0 atom stereocenters. The first-order valence-electron chi connectivity index (χ1n) is 7.99. The lowest BCUT2D eigenvalue weighted by Crippen LogP contribution is -2.11. The van der Waals surface area contributed by atoms with Crippen molar-refractivity contribution in [2.75, 3.05) is 35.3 Å². The summed E-state index contributed by atoms with van der Waals surface area (Å²) in [5.41, 5.74) is 4.08. The number of nitrogens with one attached hydrogen (secondary N) is 2. The highest BCUT2D eigenvalue weighted by Gasteiger charge is 2.04. The topological polar surface area (TPSA) is 78.5 Å². The van der Waals surface area contributed by atoms with Gasteiger partial charge in [0, 0.05) is 37.2 Å². The number of anilines is 3. The zero-order valence-corrected chi connectivity index (χ0v) is 16.1. The van der Waals surface area contributed by atoms with Crippen LogP contribution in [0.4, 0.5) is 17.1 Å². The van der Waals surface area contributed by atoms with Crippen molar-refractivity contribution in [2.24, 2.45) is 0 Å². The molecule has 0 unspecified atom stereocenters. The van der Waals surface area contributed by atoms with Crippen molar-refractivity contribution in [3.63, 3.8) is 0 Å². The molecule has 0 aliphatic rings. The van der Waals surface area contributed by atoms with Crippen LogP contribution in [0, 0.1) is 6.92 Å². The van der Waals surface area contributed by atoms with Crippen LogP contribution in [0.3, 0.4) is 0 Å². The third kappa shape index (κ3) is 5.93. The van der Waals surface area contributed by atoms with Crippen molar-refractivity contribution in [3.8, 4) is 0 Å². The Morgan fingerprint density at radius 2 is 1.73 bits per heavy atom. The Balaban J connectivity index is 2.01. The molecule has 0 aliphatic heterocycles. The molecule has 0 aromatic heterocycles. The van der Waals surface area contributed by atoms with Crippen LogP contribution >= 0.6 is 0 Å². The normalized spacial score (nSPS) is 11.4. The monoisotopic (exact) mass is 373 g/mol. The lowest BCUT2D eigenvalue weighted by atomic mass is 10.1. The molecule has 2 aromatic carbocycles. The first kappa shape index (κ1) is 19.5. The number of aryl methyl sites for hydroxylation is 1. The van der Waals surface area contributed by atoms with Gasteiger partial charge in [0.15, 0.2) is 0 Å². The minimum Gasteiger partial charge on any atom is -0.378 e. The van der Waals surface area contributed by atoms with E-state index in [2.05, 4.69) is 10.0 Å². The summed E-state index contributed by atoms with van der Waals surface area (Å²) in [7, 11) is 0.631. The molecule has 0 aliphatic carbocycles. The van der Waals surface area contributed by atoms with Gasteiger partial charge < -0.3 is 10.2 Å². The second-order valence-electron chi connectivity index (χ2n) is 6.21. The smallest absolute Gasteiger partial charge is 0.248 e. The molecule has 0 radical (unpaired) electrons. The third-order valence-corrected chi connectivity index (χ3v) is 4.23. The SMILES string of the molecule is Cc1cc(N(C)C)ccc1NC(=O)/C=C/c1ccc(NS(C)(=O)=O)cc1. The van der Waals surface area contributed by atoms with Crippen molar-refractivity contribution in [1.29, 1.82) is 0 Å². The zero-order chi connectivity index (χ0) is 19.3. The minimum absolute atomic E-state index is 0.232. The fourth-order valence-electron chi connectivity index (χ4n) is 2.29. The van der Waals surface area contributed by atoms with Gasteiger partial charge in [-0.25, -0.2) is 8.42 Å². The van der Waals surface area contributed by atoms with E-state index in [-0.39, 0.29) is 5.91 Å². The lowest BCUT2D eigenvalue weighted by Gasteiger charge is -2.15. The van der Waals surface area contributed by atoms with E-state index in [9.17, 15) is 13.2 Å². The standard InChI is InChI=1S/C19H23N3O3S/c1-14-13-17(22(2)3)10-11-18(14)20-19(23)12-7-15-5-8-16(9-6-15)21-26(4,24)25/h5-13,21H,1-4H3,(H,20,23)/b12-7+. The van der Waals surface area contributed by atoms with Gasteiger partial charge in [0.2, 0.25) is 15.9 Å². The third-order valence-electron chi connectivity index (χ3n) is 3.63. The fraction of sp³-hybridized carbons (Fsp3) is 0.211. The van der Waals surface area contributed by atoms with E-state index in [0.717, 1.165) is 28.8 Å². The van der Waals surface area contributed by atoms with E-state index in [1.807, 2.05) is 44.1 Å². The number of benzene rings is 2. The summed E-state index contributed by atoms with van der Waals surface area (Å²) in [5.74, 6) is -0.232. The van der Waals surface area contributed by atoms with Gasteiger partial charge in [0.1, 0.15) is 0 Å². The first-order chi connectivity index (χ1) is 12.1. The van der Waals surface area contributed by atoms with E-state index >= 15 is 0 Å². The average Bonchev–Trinajstić information content (AvgIpc) is 2.54. The fourth-order valence-corrected chi connectivity index (χ4v) is 2.85. The van der Waals surface area contributed by atoms with Crippen molar-refractivity contribution in [2.45, 2.75) is 6.92 Å². The molecule has 2 N–H and O–H groups in total. The van der Waals surface area contributed by atoms with Crippen LogP contribution in [0.1, 0.15) is 11.1 Å². The zero-order valence-electron chi connectivity index (χ0n) is 15.3. The Kier molecular flexibility index (Phi) is 6.05. The first-order valence-corrected chi connectivity index (χ1v) is 9.88.